The number of anilines is 2. The van der Waals surface area contributed by atoms with Gasteiger partial charge in [-0.1, -0.05) is 48.5 Å². The summed E-state index contributed by atoms with van der Waals surface area (Å²) in [7, 11) is 1.28. The molecule has 0 aliphatic carbocycles. The molecule has 1 aromatic heterocycles. The van der Waals surface area contributed by atoms with Gasteiger partial charge in [-0.15, -0.1) is 0 Å². The summed E-state index contributed by atoms with van der Waals surface area (Å²) in [5.41, 5.74) is 10.8. The zero-order valence-corrected chi connectivity index (χ0v) is 21.0. The van der Waals surface area contributed by atoms with Crippen molar-refractivity contribution in [2.24, 2.45) is 0 Å². The number of methoxy groups -OCH3 is 1. The zero-order chi connectivity index (χ0) is 26.6. The lowest BCUT2D eigenvalue weighted by atomic mass is 9.98. The molecule has 190 valence electrons. The van der Waals surface area contributed by atoms with Crippen LogP contribution in [0.1, 0.15) is 26.4 Å². The van der Waals surface area contributed by atoms with Gasteiger partial charge in [0, 0.05) is 49.3 Å². The molecule has 1 fully saturated rings. The van der Waals surface area contributed by atoms with E-state index in [1.54, 1.807) is 4.57 Å². The third kappa shape index (κ3) is 4.58. The van der Waals surface area contributed by atoms with Crippen LogP contribution in [-0.2, 0) is 4.74 Å². The van der Waals surface area contributed by atoms with E-state index in [-0.39, 0.29) is 22.9 Å². The summed E-state index contributed by atoms with van der Waals surface area (Å²) in [6, 6.07) is 27.4. The molecule has 1 amide bonds. The average molecular weight is 506 g/mol. The fraction of sp³-hybridized carbons (Fsp3) is 0.167. The first-order chi connectivity index (χ1) is 18.5. The number of rotatable bonds is 5. The van der Waals surface area contributed by atoms with Crippen LogP contribution in [0.2, 0.25) is 0 Å². The minimum absolute atomic E-state index is 0.0354. The van der Waals surface area contributed by atoms with Gasteiger partial charge in [-0.25, -0.2) is 4.79 Å². The van der Waals surface area contributed by atoms with E-state index in [1.165, 1.54) is 13.3 Å². The van der Waals surface area contributed by atoms with Gasteiger partial charge in [-0.05, 0) is 41.5 Å². The van der Waals surface area contributed by atoms with E-state index < -0.39 is 5.97 Å². The van der Waals surface area contributed by atoms with Crippen molar-refractivity contribution in [3.8, 4) is 22.9 Å². The summed E-state index contributed by atoms with van der Waals surface area (Å²) in [4.78, 5) is 29.9. The zero-order valence-electron chi connectivity index (χ0n) is 21.0. The SMILES string of the molecule is COC(=O)c1c(N)c(C#N)cn1-c1ccc(N2CCN(C(=O)c3ccccc3-c3ccccc3)CC2)cc1. The number of piperazine rings is 1. The number of hydrogen-bond donors (Lipinski definition) is 1. The molecule has 0 spiro atoms. The van der Waals surface area contributed by atoms with Crippen molar-refractivity contribution >= 4 is 23.3 Å². The molecule has 0 unspecified atom stereocenters. The number of amides is 1. The summed E-state index contributed by atoms with van der Waals surface area (Å²) in [6.07, 6.45) is 1.54. The van der Waals surface area contributed by atoms with Crippen LogP contribution in [0.4, 0.5) is 11.4 Å². The summed E-state index contributed by atoms with van der Waals surface area (Å²) >= 11 is 0. The Morgan fingerprint density at radius 2 is 1.50 bits per heavy atom. The molecule has 4 aromatic rings. The van der Waals surface area contributed by atoms with Gasteiger partial charge >= 0.3 is 5.97 Å². The number of nitrogens with zero attached hydrogens (tertiary/aromatic N) is 4. The monoisotopic (exact) mass is 505 g/mol. The van der Waals surface area contributed by atoms with Crippen molar-refractivity contribution in [2.75, 3.05) is 43.9 Å². The second-order valence-electron chi connectivity index (χ2n) is 8.99. The molecule has 8 heteroatoms. The van der Waals surface area contributed by atoms with Crippen molar-refractivity contribution in [3.05, 3.63) is 102 Å². The van der Waals surface area contributed by atoms with Crippen molar-refractivity contribution in [2.45, 2.75) is 0 Å². The summed E-state index contributed by atoms with van der Waals surface area (Å²) in [5.74, 6) is -0.573. The fourth-order valence-electron chi connectivity index (χ4n) is 4.82. The third-order valence-corrected chi connectivity index (χ3v) is 6.85. The number of hydrogen-bond acceptors (Lipinski definition) is 6. The first kappa shape index (κ1) is 24.7. The first-order valence-electron chi connectivity index (χ1n) is 12.3. The molecule has 0 radical (unpaired) electrons. The van der Waals surface area contributed by atoms with Crippen LogP contribution < -0.4 is 10.6 Å². The van der Waals surface area contributed by atoms with Gasteiger partial charge in [-0.2, -0.15) is 5.26 Å². The minimum Gasteiger partial charge on any atom is -0.464 e. The normalized spacial score (nSPS) is 13.2. The highest BCUT2D eigenvalue weighted by Gasteiger charge is 2.25. The molecule has 38 heavy (non-hydrogen) atoms. The van der Waals surface area contributed by atoms with E-state index in [9.17, 15) is 14.9 Å². The second-order valence-corrected chi connectivity index (χ2v) is 8.99. The van der Waals surface area contributed by atoms with Crippen LogP contribution in [0.15, 0.2) is 85.1 Å². The summed E-state index contributed by atoms with van der Waals surface area (Å²) in [6.45, 7) is 2.60. The van der Waals surface area contributed by atoms with E-state index in [2.05, 4.69) is 4.90 Å². The quantitative estimate of drug-likeness (QED) is 0.405. The predicted octanol–water partition coefficient (Wildman–Crippen LogP) is 4.35. The lowest BCUT2D eigenvalue weighted by molar-refractivity contribution is 0.0592. The van der Waals surface area contributed by atoms with Crippen LogP contribution in [0.3, 0.4) is 0 Å². The lowest BCUT2D eigenvalue weighted by Crippen LogP contribution is -2.48. The van der Waals surface area contributed by atoms with Crippen LogP contribution in [0.5, 0.6) is 0 Å². The molecule has 2 N–H and O–H groups in total. The van der Waals surface area contributed by atoms with E-state index in [4.69, 9.17) is 10.5 Å². The van der Waals surface area contributed by atoms with Gasteiger partial charge in [-0.3, -0.25) is 4.79 Å². The second kappa shape index (κ2) is 10.5. The number of benzene rings is 3. The Labute approximate surface area is 221 Å². The Morgan fingerprint density at radius 1 is 0.868 bits per heavy atom. The van der Waals surface area contributed by atoms with Crippen LogP contribution in [-0.4, -0.2) is 54.6 Å². The Bertz CT molecular complexity index is 1510. The molecule has 1 aliphatic rings. The van der Waals surface area contributed by atoms with Crippen LogP contribution in [0.25, 0.3) is 16.8 Å². The van der Waals surface area contributed by atoms with E-state index in [1.807, 2.05) is 89.8 Å². The first-order valence-corrected chi connectivity index (χ1v) is 12.3. The Hall–Kier alpha value is -5.03. The summed E-state index contributed by atoms with van der Waals surface area (Å²) < 4.78 is 6.43. The van der Waals surface area contributed by atoms with Crippen molar-refractivity contribution in [1.82, 2.24) is 9.47 Å². The topological polar surface area (TPSA) is 105 Å². The van der Waals surface area contributed by atoms with Gasteiger partial charge in [0.05, 0.1) is 18.4 Å². The number of aromatic nitrogens is 1. The number of carbonyl (C=O) groups excluding carboxylic acids is 2. The van der Waals surface area contributed by atoms with Gasteiger partial charge < -0.3 is 24.8 Å². The van der Waals surface area contributed by atoms with Gasteiger partial charge in [0.15, 0.2) is 5.69 Å². The van der Waals surface area contributed by atoms with E-state index >= 15 is 0 Å². The molecule has 0 atom stereocenters. The largest absolute Gasteiger partial charge is 0.464 e. The number of nitriles is 1. The van der Waals surface area contributed by atoms with Crippen molar-refractivity contribution < 1.29 is 14.3 Å². The summed E-state index contributed by atoms with van der Waals surface area (Å²) in [5, 5.41) is 9.35. The molecule has 5 rings (SSSR count). The molecular weight excluding hydrogens is 478 g/mol. The molecule has 0 saturated carbocycles. The molecule has 8 nitrogen and oxygen atoms in total. The molecule has 1 saturated heterocycles. The average Bonchev–Trinajstić information content (AvgIpc) is 3.33. The number of ether oxygens (including phenoxy) is 1. The Balaban J connectivity index is 1.30. The molecule has 3 aromatic carbocycles. The predicted molar refractivity (Wildman–Crippen MR) is 146 cm³/mol. The number of nitrogen functional groups attached to an aromatic ring is 1. The molecule has 2 heterocycles. The standard InChI is InChI=1S/C30H27N5O3/c1-38-30(37)28-27(32)22(19-31)20-35(28)24-13-11-23(12-14-24)33-15-17-34(18-16-33)29(36)26-10-6-5-9-25(26)21-7-3-2-4-8-21/h2-14,20H,15-18,32H2,1H3. The van der Waals surface area contributed by atoms with E-state index in [0.717, 1.165) is 16.8 Å². The molecule has 0 bridgehead atoms. The van der Waals surface area contributed by atoms with Crippen molar-refractivity contribution in [1.29, 1.82) is 5.26 Å². The highest BCUT2D eigenvalue weighted by molar-refractivity contribution is 6.01. The molecular formula is C30H27N5O3. The van der Waals surface area contributed by atoms with E-state index in [0.29, 0.717) is 37.4 Å². The smallest absolute Gasteiger partial charge is 0.357 e. The minimum atomic E-state index is -0.609. The van der Waals surface area contributed by atoms with Crippen LogP contribution >= 0.6 is 0 Å². The number of esters is 1. The maximum atomic E-state index is 13.4. The third-order valence-electron chi connectivity index (χ3n) is 6.85. The fourth-order valence-corrected chi connectivity index (χ4v) is 4.82. The highest BCUT2D eigenvalue weighted by Crippen LogP contribution is 2.28. The Kier molecular flexibility index (Phi) is 6.83. The highest BCUT2D eigenvalue weighted by atomic mass is 16.5. The Morgan fingerprint density at radius 3 is 2.16 bits per heavy atom. The molecule has 1 aliphatic heterocycles. The lowest BCUT2D eigenvalue weighted by Gasteiger charge is -2.36. The van der Waals surface area contributed by atoms with Gasteiger partial charge in [0.25, 0.3) is 5.91 Å². The maximum absolute atomic E-state index is 13.4. The van der Waals surface area contributed by atoms with Crippen LogP contribution in [0, 0.1) is 11.3 Å². The number of nitrogens with two attached hydrogens (primary N) is 1. The maximum Gasteiger partial charge on any atom is 0.357 e. The van der Waals surface area contributed by atoms with Gasteiger partial charge in [0.1, 0.15) is 6.07 Å². The van der Waals surface area contributed by atoms with Crippen molar-refractivity contribution in [3.63, 3.8) is 0 Å². The van der Waals surface area contributed by atoms with Gasteiger partial charge in [0.2, 0.25) is 0 Å². The number of carbonyl (C=O) groups is 2.